The molecule has 1 aromatic heterocycles. The zero-order chi connectivity index (χ0) is 9.14. The third-order valence-corrected chi connectivity index (χ3v) is 1.92. The molecular weight excluding hydrogens is 152 g/mol. The van der Waals surface area contributed by atoms with E-state index in [-0.39, 0.29) is 0 Å². The van der Waals surface area contributed by atoms with E-state index < -0.39 is 6.10 Å². The van der Waals surface area contributed by atoms with Gasteiger partial charge in [-0.1, -0.05) is 6.92 Å². The Balaban J connectivity index is 3.01. The molecule has 0 aliphatic carbocycles. The van der Waals surface area contributed by atoms with Crippen molar-refractivity contribution in [3.63, 3.8) is 0 Å². The molecule has 3 nitrogen and oxygen atoms in total. The summed E-state index contributed by atoms with van der Waals surface area (Å²) in [6, 6.07) is 1.77. The molecule has 1 aromatic rings. The molecule has 1 heterocycles. The van der Waals surface area contributed by atoms with Gasteiger partial charge in [0, 0.05) is 11.8 Å². The number of hydrogen-bond acceptors (Lipinski definition) is 3. The molecule has 0 aliphatic rings. The normalized spacial score (nSPS) is 12.9. The van der Waals surface area contributed by atoms with Gasteiger partial charge in [0.25, 0.3) is 0 Å². The first kappa shape index (κ1) is 9.00. The molecule has 0 bridgehead atoms. The first-order valence-corrected chi connectivity index (χ1v) is 4.05. The van der Waals surface area contributed by atoms with Gasteiger partial charge in [-0.2, -0.15) is 0 Å². The van der Waals surface area contributed by atoms with E-state index in [0.29, 0.717) is 12.2 Å². The molecule has 1 atom stereocenters. The molecule has 0 aromatic carbocycles. The first-order chi connectivity index (χ1) is 5.65. The van der Waals surface area contributed by atoms with Gasteiger partial charge in [0.1, 0.15) is 5.82 Å². The third kappa shape index (κ3) is 1.74. The monoisotopic (exact) mass is 166 g/mol. The Morgan fingerprint density at radius 2 is 2.33 bits per heavy atom. The largest absolute Gasteiger partial charge is 0.388 e. The van der Waals surface area contributed by atoms with Crippen LogP contribution < -0.4 is 5.73 Å². The van der Waals surface area contributed by atoms with Crippen molar-refractivity contribution < 1.29 is 5.11 Å². The predicted molar refractivity (Wildman–Crippen MR) is 48.6 cm³/mol. The standard InChI is InChI=1S/C9H14N2O/c1-3-8(12)7-5-11-9(10)4-6(7)2/h4-5,8,12H,3H2,1-2H3,(H2,10,11). The van der Waals surface area contributed by atoms with E-state index in [1.54, 1.807) is 12.3 Å². The van der Waals surface area contributed by atoms with Crippen LogP contribution in [0.3, 0.4) is 0 Å². The lowest BCUT2D eigenvalue weighted by atomic mass is 10.0. The lowest BCUT2D eigenvalue weighted by Gasteiger charge is -2.10. The van der Waals surface area contributed by atoms with Crippen LogP contribution in [-0.2, 0) is 0 Å². The average molecular weight is 166 g/mol. The maximum atomic E-state index is 9.52. The quantitative estimate of drug-likeness (QED) is 0.698. The van der Waals surface area contributed by atoms with Crippen LogP contribution in [0.15, 0.2) is 12.3 Å². The Labute approximate surface area is 72.2 Å². The highest BCUT2D eigenvalue weighted by Crippen LogP contribution is 2.20. The summed E-state index contributed by atoms with van der Waals surface area (Å²) >= 11 is 0. The fourth-order valence-electron chi connectivity index (χ4n) is 1.16. The number of rotatable bonds is 2. The smallest absolute Gasteiger partial charge is 0.123 e. The highest BCUT2D eigenvalue weighted by Gasteiger charge is 2.07. The Morgan fingerprint density at radius 1 is 1.67 bits per heavy atom. The molecule has 3 N–H and O–H groups in total. The molecular formula is C9H14N2O. The SMILES string of the molecule is CCC(O)c1cnc(N)cc1C. The summed E-state index contributed by atoms with van der Waals surface area (Å²) in [7, 11) is 0. The van der Waals surface area contributed by atoms with E-state index in [1.807, 2.05) is 13.8 Å². The second-order valence-corrected chi connectivity index (χ2v) is 2.89. The molecule has 0 saturated carbocycles. The summed E-state index contributed by atoms with van der Waals surface area (Å²) in [6.45, 7) is 3.85. The minimum absolute atomic E-state index is 0.418. The van der Waals surface area contributed by atoms with Crippen molar-refractivity contribution in [2.24, 2.45) is 0 Å². The van der Waals surface area contributed by atoms with E-state index >= 15 is 0 Å². The fourth-order valence-corrected chi connectivity index (χ4v) is 1.16. The Morgan fingerprint density at radius 3 is 2.83 bits per heavy atom. The van der Waals surface area contributed by atoms with Crippen molar-refractivity contribution in [1.29, 1.82) is 0 Å². The van der Waals surface area contributed by atoms with E-state index in [2.05, 4.69) is 4.98 Å². The molecule has 0 spiro atoms. The van der Waals surface area contributed by atoms with Gasteiger partial charge in [-0.15, -0.1) is 0 Å². The zero-order valence-corrected chi connectivity index (χ0v) is 7.41. The lowest BCUT2D eigenvalue weighted by Crippen LogP contribution is -2.01. The number of aliphatic hydroxyl groups is 1. The van der Waals surface area contributed by atoms with Crippen LogP contribution in [0.4, 0.5) is 5.82 Å². The molecule has 12 heavy (non-hydrogen) atoms. The molecule has 1 rings (SSSR count). The molecule has 3 heteroatoms. The highest BCUT2D eigenvalue weighted by atomic mass is 16.3. The summed E-state index contributed by atoms with van der Waals surface area (Å²) in [5, 5.41) is 9.52. The first-order valence-electron chi connectivity index (χ1n) is 4.05. The topological polar surface area (TPSA) is 59.1 Å². The molecule has 0 aliphatic heterocycles. The summed E-state index contributed by atoms with van der Waals surface area (Å²) in [5.74, 6) is 0.500. The van der Waals surface area contributed by atoms with Gasteiger partial charge in [-0.05, 0) is 25.0 Å². The van der Waals surface area contributed by atoms with Crippen LogP contribution in [0, 0.1) is 6.92 Å². The van der Waals surface area contributed by atoms with Crippen LogP contribution in [0.1, 0.15) is 30.6 Å². The second-order valence-electron chi connectivity index (χ2n) is 2.89. The molecule has 0 saturated heterocycles. The minimum atomic E-state index is -0.418. The van der Waals surface area contributed by atoms with E-state index in [9.17, 15) is 5.11 Å². The van der Waals surface area contributed by atoms with Crippen molar-refractivity contribution >= 4 is 5.82 Å². The van der Waals surface area contributed by atoms with Gasteiger partial charge in [0.2, 0.25) is 0 Å². The van der Waals surface area contributed by atoms with Crippen LogP contribution >= 0.6 is 0 Å². The lowest BCUT2D eigenvalue weighted by molar-refractivity contribution is 0.172. The maximum Gasteiger partial charge on any atom is 0.123 e. The predicted octanol–water partition coefficient (Wildman–Crippen LogP) is 1.42. The van der Waals surface area contributed by atoms with Crippen molar-refractivity contribution in [1.82, 2.24) is 4.98 Å². The maximum absolute atomic E-state index is 9.52. The number of hydrogen-bond donors (Lipinski definition) is 2. The van der Waals surface area contributed by atoms with E-state index in [4.69, 9.17) is 5.73 Å². The second kappa shape index (κ2) is 3.54. The van der Waals surface area contributed by atoms with Crippen LogP contribution in [-0.4, -0.2) is 10.1 Å². The van der Waals surface area contributed by atoms with Gasteiger partial charge in [-0.3, -0.25) is 0 Å². The number of aliphatic hydroxyl groups excluding tert-OH is 1. The summed E-state index contributed by atoms with van der Waals surface area (Å²) in [6.07, 6.45) is 1.92. The molecule has 66 valence electrons. The molecule has 0 amide bonds. The molecule has 1 unspecified atom stereocenters. The average Bonchev–Trinajstić information content (AvgIpc) is 2.03. The zero-order valence-electron chi connectivity index (χ0n) is 7.41. The van der Waals surface area contributed by atoms with Gasteiger partial charge in [0.15, 0.2) is 0 Å². The van der Waals surface area contributed by atoms with Crippen molar-refractivity contribution in [3.05, 3.63) is 23.4 Å². The molecule has 0 fully saturated rings. The van der Waals surface area contributed by atoms with Gasteiger partial charge < -0.3 is 10.8 Å². The minimum Gasteiger partial charge on any atom is -0.388 e. The summed E-state index contributed by atoms with van der Waals surface area (Å²) < 4.78 is 0. The van der Waals surface area contributed by atoms with Crippen molar-refractivity contribution in [3.8, 4) is 0 Å². The highest BCUT2D eigenvalue weighted by molar-refractivity contribution is 5.37. The van der Waals surface area contributed by atoms with Gasteiger partial charge >= 0.3 is 0 Å². The van der Waals surface area contributed by atoms with Gasteiger partial charge in [0.05, 0.1) is 6.10 Å². The van der Waals surface area contributed by atoms with E-state index in [1.165, 1.54) is 0 Å². The Bertz CT molecular complexity index is 273. The Kier molecular flexibility index (Phi) is 2.65. The van der Waals surface area contributed by atoms with Crippen LogP contribution in [0.2, 0.25) is 0 Å². The summed E-state index contributed by atoms with van der Waals surface area (Å²) in [4.78, 5) is 3.93. The fraction of sp³-hybridized carbons (Fsp3) is 0.444. The molecule has 0 radical (unpaired) electrons. The van der Waals surface area contributed by atoms with E-state index in [0.717, 1.165) is 11.1 Å². The number of pyridine rings is 1. The van der Waals surface area contributed by atoms with Crippen LogP contribution in [0.25, 0.3) is 0 Å². The summed E-state index contributed by atoms with van der Waals surface area (Å²) in [5.41, 5.74) is 7.34. The number of nitrogen functional groups attached to an aromatic ring is 1. The van der Waals surface area contributed by atoms with Crippen LogP contribution in [0.5, 0.6) is 0 Å². The number of aryl methyl sites for hydroxylation is 1. The third-order valence-electron chi connectivity index (χ3n) is 1.92. The number of aromatic nitrogens is 1. The number of anilines is 1. The number of nitrogens with two attached hydrogens (primary N) is 1. The van der Waals surface area contributed by atoms with Gasteiger partial charge in [-0.25, -0.2) is 4.98 Å². The number of nitrogens with zero attached hydrogens (tertiary/aromatic N) is 1. The van der Waals surface area contributed by atoms with Crippen molar-refractivity contribution in [2.45, 2.75) is 26.4 Å². The van der Waals surface area contributed by atoms with Crippen molar-refractivity contribution in [2.75, 3.05) is 5.73 Å². The Hall–Kier alpha value is -1.09.